The lowest BCUT2D eigenvalue weighted by atomic mass is 10.1. The molecule has 0 saturated carbocycles. The van der Waals surface area contributed by atoms with Crippen molar-refractivity contribution in [3.63, 3.8) is 0 Å². The molecule has 0 aliphatic heterocycles. The van der Waals surface area contributed by atoms with Crippen LogP contribution in [0.25, 0.3) is 0 Å². The van der Waals surface area contributed by atoms with Crippen molar-refractivity contribution in [2.75, 3.05) is 5.32 Å². The highest BCUT2D eigenvalue weighted by Crippen LogP contribution is 2.14. The van der Waals surface area contributed by atoms with E-state index in [1.165, 1.54) is 5.56 Å². The van der Waals surface area contributed by atoms with Gasteiger partial charge in [-0.15, -0.1) is 5.10 Å². The Labute approximate surface area is 139 Å². The van der Waals surface area contributed by atoms with Crippen molar-refractivity contribution < 1.29 is 9.21 Å². The second-order valence-electron chi connectivity index (χ2n) is 5.64. The predicted octanol–water partition coefficient (Wildman–Crippen LogP) is 2.52. The average molecular weight is 325 g/mol. The third-order valence-corrected chi connectivity index (χ3v) is 3.70. The first kappa shape index (κ1) is 15.9. The van der Waals surface area contributed by atoms with E-state index in [1.807, 2.05) is 19.1 Å². The molecule has 2 aromatic heterocycles. The second kappa shape index (κ2) is 6.66. The van der Waals surface area contributed by atoms with Gasteiger partial charge < -0.3 is 4.42 Å². The molecule has 0 aliphatic rings. The number of hydrogen-bond donors (Lipinski definition) is 1. The van der Waals surface area contributed by atoms with Gasteiger partial charge in [-0.1, -0.05) is 36.3 Å². The number of aromatic nitrogens is 4. The van der Waals surface area contributed by atoms with Crippen molar-refractivity contribution in [1.82, 2.24) is 20.0 Å². The zero-order valence-corrected chi connectivity index (χ0v) is 13.9. The van der Waals surface area contributed by atoms with Crippen LogP contribution in [0.2, 0.25) is 0 Å². The molecule has 7 heteroatoms. The molecular weight excluding hydrogens is 306 g/mol. The Bertz CT molecular complexity index is 848. The van der Waals surface area contributed by atoms with Crippen molar-refractivity contribution in [1.29, 1.82) is 0 Å². The fourth-order valence-electron chi connectivity index (χ4n) is 2.43. The SMILES string of the molecule is CCc1ccc(Cc2nnc(NC(=O)c3nn(C)cc3C)o2)cc1. The van der Waals surface area contributed by atoms with Crippen LogP contribution in [0.1, 0.15) is 40.0 Å². The molecule has 0 unspecified atom stereocenters. The number of amides is 1. The zero-order valence-electron chi connectivity index (χ0n) is 13.9. The summed E-state index contributed by atoms with van der Waals surface area (Å²) in [5.74, 6) is 0.0860. The minimum Gasteiger partial charge on any atom is -0.407 e. The lowest BCUT2D eigenvalue weighted by Crippen LogP contribution is -2.14. The fourth-order valence-corrected chi connectivity index (χ4v) is 2.43. The van der Waals surface area contributed by atoms with E-state index in [0.717, 1.165) is 17.5 Å². The number of carbonyl (C=O) groups is 1. The Hall–Kier alpha value is -2.96. The normalized spacial score (nSPS) is 10.8. The number of carbonyl (C=O) groups excluding carboxylic acids is 1. The maximum Gasteiger partial charge on any atom is 0.322 e. The van der Waals surface area contributed by atoms with Gasteiger partial charge in [-0.25, -0.2) is 0 Å². The van der Waals surface area contributed by atoms with Gasteiger partial charge in [0.15, 0.2) is 5.69 Å². The molecule has 0 fully saturated rings. The van der Waals surface area contributed by atoms with E-state index in [9.17, 15) is 4.79 Å². The van der Waals surface area contributed by atoms with Crippen molar-refractivity contribution in [2.45, 2.75) is 26.7 Å². The van der Waals surface area contributed by atoms with E-state index in [0.29, 0.717) is 18.0 Å². The molecule has 0 spiro atoms. The van der Waals surface area contributed by atoms with Crippen LogP contribution in [0, 0.1) is 6.92 Å². The van der Waals surface area contributed by atoms with Crippen LogP contribution in [0.15, 0.2) is 34.9 Å². The van der Waals surface area contributed by atoms with Crippen molar-refractivity contribution >= 4 is 11.9 Å². The minimum absolute atomic E-state index is 0.0743. The lowest BCUT2D eigenvalue weighted by molar-refractivity contribution is 0.101. The summed E-state index contributed by atoms with van der Waals surface area (Å²) in [6.45, 7) is 3.94. The minimum atomic E-state index is -0.365. The summed E-state index contributed by atoms with van der Waals surface area (Å²) < 4.78 is 7.08. The van der Waals surface area contributed by atoms with Crippen LogP contribution < -0.4 is 5.32 Å². The summed E-state index contributed by atoms with van der Waals surface area (Å²) in [6.07, 6.45) is 3.30. The van der Waals surface area contributed by atoms with Gasteiger partial charge in [0.2, 0.25) is 5.89 Å². The number of benzene rings is 1. The summed E-state index contributed by atoms with van der Waals surface area (Å²) in [5.41, 5.74) is 3.48. The summed E-state index contributed by atoms with van der Waals surface area (Å²) in [4.78, 5) is 12.2. The standard InChI is InChI=1S/C17H19N5O2/c1-4-12-5-7-13(8-6-12)9-14-19-20-17(24-14)18-16(23)15-11(2)10-22(3)21-15/h5-8,10H,4,9H2,1-3H3,(H,18,20,23). The molecule has 124 valence electrons. The highest BCUT2D eigenvalue weighted by Gasteiger charge is 2.16. The second-order valence-corrected chi connectivity index (χ2v) is 5.64. The van der Waals surface area contributed by atoms with Gasteiger partial charge in [0.05, 0.1) is 6.42 Å². The first-order valence-electron chi connectivity index (χ1n) is 7.77. The molecule has 24 heavy (non-hydrogen) atoms. The van der Waals surface area contributed by atoms with Gasteiger partial charge >= 0.3 is 6.01 Å². The number of hydrogen-bond acceptors (Lipinski definition) is 5. The highest BCUT2D eigenvalue weighted by molar-refractivity contribution is 6.02. The molecule has 0 radical (unpaired) electrons. The van der Waals surface area contributed by atoms with Gasteiger partial charge in [0, 0.05) is 18.8 Å². The van der Waals surface area contributed by atoms with E-state index in [1.54, 1.807) is 17.9 Å². The molecule has 1 N–H and O–H groups in total. The molecule has 3 rings (SSSR count). The Morgan fingerprint density at radius 1 is 1.21 bits per heavy atom. The van der Waals surface area contributed by atoms with Crippen LogP contribution in [-0.4, -0.2) is 25.9 Å². The molecule has 0 bridgehead atoms. The topological polar surface area (TPSA) is 85.8 Å². The summed E-state index contributed by atoms with van der Waals surface area (Å²) in [7, 11) is 1.76. The quantitative estimate of drug-likeness (QED) is 0.779. The van der Waals surface area contributed by atoms with Crippen LogP contribution >= 0.6 is 0 Å². The smallest absolute Gasteiger partial charge is 0.322 e. The summed E-state index contributed by atoms with van der Waals surface area (Å²) in [5, 5.41) is 14.5. The van der Waals surface area contributed by atoms with Gasteiger partial charge in [0.25, 0.3) is 5.91 Å². The number of rotatable bonds is 5. The third kappa shape index (κ3) is 3.51. The molecule has 3 aromatic rings. The lowest BCUT2D eigenvalue weighted by Gasteiger charge is -2.00. The Balaban J connectivity index is 1.66. The van der Waals surface area contributed by atoms with Crippen LogP contribution in [-0.2, 0) is 19.9 Å². The summed E-state index contributed by atoms with van der Waals surface area (Å²) in [6, 6.07) is 8.32. The molecule has 1 aromatic carbocycles. The molecule has 2 heterocycles. The van der Waals surface area contributed by atoms with Gasteiger partial charge in [0.1, 0.15) is 0 Å². The van der Waals surface area contributed by atoms with E-state index >= 15 is 0 Å². The molecular formula is C17H19N5O2. The van der Waals surface area contributed by atoms with E-state index in [4.69, 9.17) is 4.42 Å². The largest absolute Gasteiger partial charge is 0.407 e. The maximum absolute atomic E-state index is 12.2. The van der Waals surface area contributed by atoms with Gasteiger partial charge in [-0.05, 0) is 24.5 Å². The zero-order chi connectivity index (χ0) is 17.1. The predicted molar refractivity (Wildman–Crippen MR) is 88.8 cm³/mol. The number of nitrogens with zero attached hydrogens (tertiary/aromatic N) is 4. The molecule has 1 amide bonds. The monoisotopic (exact) mass is 325 g/mol. The van der Waals surface area contributed by atoms with E-state index in [-0.39, 0.29) is 11.9 Å². The Morgan fingerprint density at radius 2 is 1.92 bits per heavy atom. The van der Waals surface area contributed by atoms with Crippen molar-refractivity contribution in [3.8, 4) is 0 Å². The van der Waals surface area contributed by atoms with Crippen LogP contribution in [0.5, 0.6) is 0 Å². The van der Waals surface area contributed by atoms with Crippen LogP contribution in [0.3, 0.4) is 0 Å². The average Bonchev–Trinajstić information content (AvgIpc) is 3.14. The first-order chi connectivity index (χ1) is 11.5. The maximum atomic E-state index is 12.2. The molecule has 7 nitrogen and oxygen atoms in total. The Kier molecular flexibility index (Phi) is 4.41. The molecule has 0 aliphatic carbocycles. The van der Waals surface area contributed by atoms with Crippen molar-refractivity contribution in [2.24, 2.45) is 7.05 Å². The van der Waals surface area contributed by atoms with Crippen LogP contribution in [0.4, 0.5) is 6.01 Å². The number of anilines is 1. The van der Waals surface area contributed by atoms with Crippen molar-refractivity contribution in [3.05, 3.63) is 58.7 Å². The molecule has 0 saturated heterocycles. The number of nitrogens with one attached hydrogen (secondary N) is 1. The number of aryl methyl sites for hydroxylation is 3. The van der Waals surface area contributed by atoms with Gasteiger partial charge in [-0.2, -0.15) is 5.10 Å². The summed E-state index contributed by atoms with van der Waals surface area (Å²) >= 11 is 0. The Morgan fingerprint density at radius 3 is 2.54 bits per heavy atom. The first-order valence-corrected chi connectivity index (χ1v) is 7.77. The fraction of sp³-hybridized carbons (Fsp3) is 0.294. The van der Waals surface area contributed by atoms with E-state index < -0.39 is 0 Å². The van der Waals surface area contributed by atoms with E-state index in [2.05, 4.69) is 39.7 Å². The highest BCUT2D eigenvalue weighted by atomic mass is 16.4. The third-order valence-electron chi connectivity index (χ3n) is 3.70. The van der Waals surface area contributed by atoms with Gasteiger partial charge in [-0.3, -0.25) is 14.8 Å². The molecule has 0 atom stereocenters.